The van der Waals surface area contributed by atoms with Crippen molar-refractivity contribution in [1.82, 2.24) is 5.32 Å². The molecule has 2 heterocycles. The molecule has 2 aromatic carbocycles. The summed E-state index contributed by atoms with van der Waals surface area (Å²) in [4.78, 5) is 41.3. The van der Waals surface area contributed by atoms with Crippen LogP contribution >= 0.6 is 11.6 Å². The van der Waals surface area contributed by atoms with E-state index in [0.29, 0.717) is 0 Å². The Hall–Kier alpha value is -4.01. The van der Waals surface area contributed by atoms with Crippen LogP contribution in [0.1, 0.15) is 41.6 Å². The van der Waals surface area contributed by atoms with Crippen molar-refractivity contribution >= 4 is 38.9 Å². The molecule has 5 rings (SSSR count). The molecule has 0 radical (unpaired) electrons. The number of methoxy groups -OCH3 is 3. The molecular formula is C30H32ClNO12S. The van der Waals surface area contributed by atoms with E-state index >= 15 is 0 Å². The number of hydrogen-bond donors (Lipinski definition) is 4. The van der Waals surface area contributed by atoms with Gasteiger partial charge in [0.25, 0.3) is 0 Å². The Balaban J connectivity index is 1.65. The van der Waals surface area contributed by atoms with E-state index in [4.69, 9.17) is 30.5 Å². The van der Waals surface area contributed by atoms with Gasteiger partial charge in [-0.25, -0.2) is 8.42 Å². The predicted octanol–water partition coefficient (Wildman–Crippen LogP) is 2.25. The number of ketones is 2. The lowest BCUT2D eigenvalue weighted by atomic mass is 9.69. The van der Waals surface area contributed by atoms with Crippen LogP contribution in [-0.2, 0) is 19.4 Å². The third-order valence-corrected chi connectivity index (χ3v) is 10.6. The molecule has 1 amide bonds. The highest BCUT2D eigenvalue weighted by Crippen LogP contribution is 2.56. The number of rotatable bonds is 8. The van der Waals surface area contributed by atoms with Crippen molar-refractivity contribution in [2.75, 3.05) is 32.8 Å². The van der Waals surface area contributed by atoms with Gasteiger partial charge in [-0.1, -0.05) is 24.6 Å². The average Bonchev–Trinajstić information content (AvgIpc) is 3.44. The zero-order valence-corrected chi connectivity index (χ0v) is 26.3. The van der Waals surface area contributed by atoms with Gasteiger partial charge in [-0.3, -0.25) is 14.4 Å². The van der Waals surface area contributed by atoms with E-state index in [1.807, 2.05) is 0 Å². The molecule has 2 aliphatic heterocycles. The molecule has 1 spiro atoms. The fourth-order valence-electron chi connectivity index (χ4n) is 6.25. The van der Waals surface area contributed by atoms with Gasteiger partial charge in [0.1, 0.15) is 22.1 Å². The number of benzene rings is 2. The number of amides is 1. The first-order chi connectivity index (χ1) is 21.2. The minimum absolute atomic E-state index is 0.00542. The number of sulfone groups is 1. The molecule has 45 heavy (non-hydrogen) atoms. The summed E-state index contributed by atoms with van der Waals surface area (Å²) in [7, 11) is 0.402. The zero-order chi connectivity index (χ0) is 33.0. The van der Waals surface area contributed by atoms with Crippen molar-refractivity contribution in [3.8, 4) is 28.7 Å². The summed E-state index contributed by atoms with van der Waals surface area (Å²) in [5.74, 6) is -6.05. The van der Waals surface area contributed by atoms with Crippen LogP contribution in [0.4, 0.5) is 0 Å². The van der Waals surface area contributed by atoms with Crippen LogP contribution in [0.3, 0.4) is 0 Å². The van der Waals surface area contributed by atoms with Crippen LogP contribution in [0, 0.1) is 5.92 Å². The van der Waals surface area contributed by atoms with E-state index in [2.05, 4.69) is 5.32 Å². The van der Waals surface area contributed by atoms with Gasteiger partial charge >= 0.3 is 0 Å². The van der Waals surface area contributed by atoms with Crippen LogP contribution in [0.25, 0.3) is 0 Å². The molecule has 1 fully saturated rings. The Morgan fingerprint density at radius 3 is 2.36 bits per heavy atom. The average molecular weight is 666 g/mol. The number of allylic oxidation sites excluding steroid dienone is 1. The Morgan fingerprint density at radius 1 is 1.09 bits per heavy atom. The van der Waals surface area contributed by atoms with Crippen molar-refractivity contribution < 1.29 is 57.1 Å². The number of fused-ring (bicyclic) bond motifs is 1. The predicted molar refractivity (Wildman–Crippen MR) is 159 cm³/mol. The summed E-state index contributed by atoms with van der Waals surface area (Å²) in [5.41, 5.74) is -2.24. The maximum absolute atomic E-state index is 14.2. The van der Waals surface area contributed by atoms with Crippen molar-refractivity contribution in [2.45, 2.75) is 43.4 Å². The summed E-state index contributed by atoms with van der Waals surface area (Å²) in [6, 6.07) is 4.37. The molecule has 0 bridgehead atoms. The normalized spacial score (nSPS) is 26.0. The van der Waals surface area contributed by atoms with Gasteiger partial charge in [0.2, 0.25) is 17.3 Å². The maximum Gasteiger partial charge on any atom is 0.231 e. The highest BCUT2D eigenvalue weighted by Gasteiger charge is 2.61. The lowest BCUT2D eigenvalue weighted by molar-refractivity contribution is -0.122. The number of nitrogens with one attached hydrogen (secondary N) is 1. The minimum atomic E-state index is -3.59. The van der Waals surface area contributed by atoms with Gasteiger partial charge in [0.05, 0.1) is 45.0 Å². The molecule has 0 saturated carbocycles. The molecule has 2 aromatic rings. The number of hydrogen-bond acceptors (Lipinski definition) is 12. The number of aliphatic hydroxyl groups is 2. The number of Topliss-reactive ketones (excluding diaryl/α,β-unsaturated/α-hetero) is 2. The van der Waals surface area contributed by atoms with E-state index < -0.39 is 80.6 Å². The molecular weight excluding hydrogens is 634 g/mol. The van der Waals surface area contributed by atoms with E-state index in [-0.39, 0.29) is 56.9 Å². The smallest absolute Gasteiger partial charge is 0.231 e. The van der Waals surface area contributed by atoms with Gasteiger partial charge < -0.3 is 39.6 Å². The number of phenols is 1. The third kappa shape index (κ3) is 5.34. The van der Waals surface area contributed by atoms with Crippen LogP contribution in [0.5, 0.6) is 28.7 Å². The van der Waals surface area contributed by atoms with Gasteiger partial charge in [-0.05, 0) is 17.7 Å². The maximum atomic E-state index is 14.2. The fourth-order valence-corrected chi connectivity index (χ4v) is 8.26. The minimum Gasteiger partial charge on any atom is -0.507 e. The standard InChI is InChI=1S/C30H32ClNO12S/c1-13-7-18(34)24(28(37)30(13)29(38)25-21(42-3)10-22(43-4)26(31)27(25)44-30)15(14-5-6-17(33)20(8-14)41-2)9-23(36)32-16-11-45(39,40)12-19(16)35/h5-6,8,10,13,15-16,19,33,35,37H,7,9,11-12H2,1-4H3,(H,32,36)/t13-,15?,16+,19-,30+/m1/s1. The number of ether oxygens (including phenoxy) is 4. The number of carbonyl (C=O) groups is 3. The zero-order valence-electron chi connectivity index (χ0n) is 24.7. The first-order valence-electron chi connectivity index (χ1n) is 13.9. The Labute approximate surface area is 263 Å². The summed E-state index contributed by atoms with van der Waals surface area (Å²) in [5, 5.41) is 34.9. The van der Waals surface area contributed by atoms with Crippen molar-refractivity contribution in [2.24, 2.45) is 5.92 Å². The molecule has 1 saturated heterocycles. The number of phenolic OH excluding ortho intramolecular Hbond substituents is 1. The van der Waals surface area contributed by atoms with Gasteiger partial charge in [-0.15, -0.1) is 0 Å². The third-order valence-electron chi connectivity index (χ3n) is 8.52. The topological polar surface area (TPSA) is 195 Å². The first kappa shape index (κ1) is 32.4. The molecule has 1 unspecified atom stereocenters. The summed E-state index contributed by atoms with van der Waals surface area (Å²) in [6.45, 7) is 1.56. The molecule has 3 aliphatic rings. The molecule has 5 atom stereocenters. The summed E-state index contributed by atoms with van der Waals surface area (Å²) in [6.07, 6.45) is -2.13. The Morgan fingerprint density at radius 2 is 1.76 bits per heavy atom. The Kier molecular flexibility index (Phi) is 8.44. The lowest BCUT2D eigenvalue weighted by Crippen LogP contribution is -2.53. The van der Waals surface area contributed by atoms with E-state index in [0.717, 1.165) is 0 Å². The molecule has 15 heteroatoms. The molecule has 13 nitrogen and oxygen atoms in total. The van der Waals surface area contributed by atoms with Gasteiger partial charge in [0, 0.05) is 36.3 Å². The highest BCUT2D eigenvalue weighted by molar-refractivity contribution is 7.91. The molecule has 0 aromatic heterocycles. The number of halogens is 1. The van der Waals surface area contributed by atoms with E-state index in [1.54, 1.807) is 6.92 Å². The van der Waals surface area contributed by atoms with Crippen LogP contribution in [0.2, 0.25) is 5.02 Å². The molecule has 242 valence electrons. The number of aromatic hydroxyl groups is 1. The quantitative estimate of drug-likeness (QED) is 0.322. The second-order valence-corrected chi connectivity index (χ2v) is 13.8. The fraction of sp³-hybridized carbons (Fsp3) is 0.433. The van der Waals surface area contributed by atoms with E-state index in [1.165, 1.54) is 45.6 Å². The van der Waals surface area contributed by atoms with Crippen LogP contribution < -0.4 is 24.3 Å². The highest BCUT2D eigenvalue weighted by atomic mass is 35.5. The monoisotopic (exact) mass is 665 g/mol. The number of aliphatic hydroxyl groups excluding tert-OH is 2. The van der Waals surface area contributed by atoms with Gasteiger partial charge in [0.15, 0.2) is 38.6 Å². The van der Waals surface area contributed by atoms with Gasteiger partial charge in [-0.2, -0.15) is 0 Å². The second kappa shape index (κ2) is 11.7. The van der Waals surface area contributed by atoms with Crippen molar-refractivity contribution in [3.63, 3.8) is 0 Å². The van der Waals surface area contributed by atoms with Crippen molar-refractivity contribution in [3.05, 3.63) is 51.7 Å². The van der Waals surface area contributed by atoms with Crippen LogP contribution in [0.15, 0.2) is 35.6 Å². The summed E-state index contributed by atoms with van der Waals surface area (Å²) >= 11 is 6.52. The Bertz CT molecular complexity index is 1740. The molecule has 1 aliphatic carbocycles. The molecule has 4 N–H and O–H groups in total. The van der Waals surface area contributed by atoms with Crippen LogP contribution in [-0.4, -0.2) is 91.8 Å². The number of carbonyl (C=O) groups excluding carboxylic acids is 3. The SMILES string of the molecule is COc1cc(C(CC(=O)N[C@H]2CS(=O)(=O)C[C@H]2O)C2=C(O)[C@@]3(Oc4c(Cl)c(OC)cc(OC)c4C3=O)[C@H](C)CC2=O)ccc1O. The largest absolute Gasteiger partial charge is 0.507 e. The lowest BCUT2D eigenvalue weighted by Gasteiger charge is -2.38. The summed E-state index contributed by atoms with van der Waals surface area (Å²) < 4.78 is 46.2. The van der Waals surface area contributed by atoms with Crippen molar-refractivity contribution in [1.29, 1.82) is 0 Å². The second-order valence-electron chi connectivity index (χ2n) is 11.3. The first-order valence-corrected chi connectivity index (χ1v) is 16.1. The van der Waals surface area contributed by atoms with E-state index in [9.17, 15) is 38.1 Å².